The fourth-order valence-corrected chi connectivity index (χ4v) is 0.529. The van der Waals surface area contributed by atoms with Crippen molar-refractivity contribution < 1.29 is 14.5 Å². The summed E-state index contributed by atoms with van der Waals surface area (Å²) < 4.78 is 5.12. The van der Waals surface area contributed by atoms with Crippen LogP contribution in [0.1, 0.15) is 13.8 Å². The van der Waals surface area contributed by atoms with E-state index in [4.69, 9.17) is 9.62 Å². The second-order valence-electron chi connectivity index (χ2n) is 2.15. The maximum absolute atomic E-state index is 5.12. The zero-order valence-corrected chi connectivity index (χ0v) is 5.14. The molecule has 0 amide bonds. The molecule has 0 radical (unpaired) electrons. The van der Waals surface area contributed by atoms with Crippen molar-refractivity contribution >= 4 is 0 Å². The van der Waals surface area contributed by atoms with E-state index in [0.717, 1.165) is 0 Å². The van der Waals surface area contributed by atoms with E-state index < -0.39 is 5.79 Å². The molecule has 0 spiro atoms. The molecule has 1 heterocycles. The number of ether oxygens (including phenoxy) is 1. The molecule has 3 heteroatoms. The first kappa shape index (κ1) is 6.01. The van der Waals surface area contributed by atoms with Gasteiger partial charge in [-0.2, -0.15) is 0 Å². The molecular formula is C5H10O3. The molecular weight excluding hydrogens is 108 g/mol. The Balaban J connectivity index is 2.33. The van der Waals surface area contributed by atoms with Gasteiger partial charge >= 0.3 is 0 Å². The van der Waals surface area contributed by atoms with Gasteiger partial charge in [0.2, 0.25) is 0 Å². The molecule has 0 N–H and O–H groups in total. The van der Waals surface area contributed by atoms with Crippen LogP contribution in [0, 0.1) is 0 Å². The zero-order chi connectivity index (χ0) is 6.04. The maximum Gasteiger partial charge on any atom is 0.195 e. The van der Waals surface area contributed by atoms with E-state index in [-0.39, 0.29) is 0 Å². The zero-order valence-electron chi connectivity index (χ0n) is 5.14. The fourth-order valence-electron chi connectivity index (χ4n) is 0.529. The second kappa shape index (κ2) is 2.01. The summed E-state index contributed by atoms with van der Waals surface area (Å²) >= 11 is 0. The minimum absolute atomic E-state index is 0.531. The van der Waals surface area contributed by atoms with Crippen molar-refractivity contribution in [3.05, 3.63) is 0 Å². The van der Waals surface area contributed by atoms with Crippen LogP contribution < -0.4 is 0 Å². The van der Waals surface area contributed by atoms with Crippen molar-refractivity contribution in [3.8, 4) is 0 Å². The first-order valence-electron chi connectivity index (χ1n) is 2.65. The highest BCUT2D eigenvalue weighted by molar-refractivity contribution is 4.51. The van der Waals surface area contributed by atoms with Gasteiger partial charge in [0.1, 0.15) is 6.61 Å². The predicted octanol–water partition coefficient (Wildman–Crippen LogP) is 0.701. The molecule has 0 saturated carbocycles. The van der Waals surface area contributed by atoms with Gasteiger partial charge < -0.3 is 4.74 Å². The quantitative estimate of drug-likeness (QED) is 0.438. The lowest BCUT2D eigenvalue weighted by Crippen LogP contribution is -2.35. The minimum Gasteiger partial charge on any atom is -0.345 e. The fraction of sp³-hybridized carbons (Fsp3) is 1.00. The topological polar surface area (TPSA) is 27.7 Å². The van der Waals surface area contributed by atoms with E-state index in [9.17, 15) is 0 Å². The SMILES string of the molecule is CC1(C)OCCOO1. The molecule has 0 aliphatic carbocycles. The van der Waals surface area contributed by atoms with Gasteiger partial charge in [-0.05, 0) is 13.8 Å². The molecule has 0 unspecified atom stereocenters. The van der Waals surface area contributed by atoms with Crippen molar-refractivity contribution in [2.75, 3.05) is 13.2 Å². The number of hydrogen-bond acceptors (Lipinski definition) is 3. The Morgan fingerprint density at radius 1 is 1.25 bits per heavy atom. The summed E-state index contributed by atoms with van der Waals surface area (Å²) in [5.74, 6) is -0.543. The average Bonchev–Trinajstić information content (AvgIpc) is 1.65. The molecule has 1 fully saturated rings. The van der Waals surface area contributed by atoms with Crippen LogP contribution in [0.15, 0.2) is 0 Å². The van der Waals surface area contributed by atoms with Crippen LogP contribution in [0.5, 0.6) is 0 Å². The van der Waals surface area contributed by atoms with Crippen LogP contribution >= 0.6 is 0 Å². The highest BCUT2D eigenvalue weighted by atomic mass is 17.2. The van der Waals surface area contributed by atoms with E-state index in [1.54, 1.807) is 0 Å². The van der Waals surface area contributed by atoms with Gasteiger partial charge in [-0.25, -0.2) is 9.78 Å². The molecule has 3 nitrogen and oxygen atoms in total. The highest BCUT2D eigenvalue weighted by Gasteiger charge is 2.23. The minimum atomic E-state index is -0.543. The Morgan fingerprint density at radius 2 is 2.00 bits per heavy atom. The molecule has 8 heavy (non-hydrogen) atoms. The van der Waals surface area contributed by atoms with Crippen molar-refractivity contribution in [2.24, 2.45) is 0 Å². The van der Waals surface area contributed by atoms with E-state index in [0.29, 0.717) is 13.2 Å². The Morgan fingerprint density at radius 3 is 2.25 bits per heavy atom. The molecule has 1 saturated heterocycles. The Hall–Kier alpha value is -0.120. The summed E-state index contributed by atoms with van der Waals surface area (Å²) in [6.45, 7) is 4.77. The molecule has 0 aromatic heterocycles. The third kappa shape index (κ3) is 1.43. The first-order valence-corrected chi connectivity index (χ1v) is 2.65. The summed E-state index contributed by atoms with van der Waals surface area (Å²) in [7, 11) is 0. The van der Waals surface area contributed by atoms with Crippen LogP contribution in [-0.2, 0) is 14.5 Å². The molecule has 1 aliphatic heterocycles. The van der Waals surface area contributed by atoms with Gasteiger partial charge in [0.15, 0.2) is 5.79 Å². The van der Waals surface area contributed by atoms with Crippen molar-refractivity contribution in [1.82, 2.24) is 0 Å². The Kier molecular flexibility index (Phi) is 1.51. The molecule has 1 aliphatic rings. The standard InChI is InChI=1S/C5H10O3/c1-5(2)6-3-4-7-8-5/h3-4H2,1-2H3. The van der Waals surface area contributed by atoms with E-state index in [1.807, 2.05) is 13.8 Å². The van der Waals surface area contributed by atoms with Crippen LogP contribution in [0.2, 0.25) is 0 Å². The normalized spacial score (nSPS) is 27.8. The van der Waals surface area contributed by atoms with E-state index in [2.05, 4.69) is 4.89 Å². The molecule has 0 atom stereocenters. The van der Waals surface area contributed by atoms with Gasteiger partial charge in [0.05, 0.1) is 6.61 Å². The first-order chi connectivity index (χ1) is 3.71. The molecule has 1 rings (SSSR count). The highest BCUT2D eigenvalue weighted by Crippen LogP contribution is 2.14. The van der Waals surface area contributed by atoms with E-state index in [1.165, 1.54) is 0 Å². The van der Waals surface area contributed by atoms with Gasteiger partial charge in [0.25, 0.3) is 0 Å². The smallest absolute Gasteiger partial charge is 0.195 e. The van der Waals surface area contributed by atoms with Crippen molar-refractivity contribution in [1.29, 1.82) is 0 Å². The lowest BCUT2D eigenvalue weighted by atomic mass is 10.4. The number of hydrogen-bond donors (Lipinski definition) is 0. The van der Waals surface area contributed by atoms with Gasteiger partial charge in [-0.1, -0.05) is 0 Å². The van der Waals surface area contributed by atoms with Crippen LogP contribution in [0.4, 0.5) is 0 Å². The van der Waals surface area contributed by atoms with Gasteiger partial charge in [-0.3, -0.25) is 0 Å². The molecule has 0 bridgehead atoms. The summed E-state index contributed by atoms with van der Waals surface area (Å²) in [6.07, 6.45) is 0. The lowest BCUT2D eigenvalue weighted by molar-refractivity contribution is -0.454. The molecule has 48 valence electrons. The van der Waals surface area contributed by atoms with Crippen molar-refractivity contribution in [3.63, 3.8) is 0 Å². The largest absolute Gasteiger partial charge is 0.345 e. The van der Waals surface area contributed by atoms with Gasteiger partial charge in [-0.15, -0.1) is 0 Å². The average molecular weight is 118 g/mol. The Labute approximate surface area is 48.5 Å². The lowest BCUT2D eigenvalue weighted by Gasteiger charge is -2.27. The third-order valence-electron chi connectivity index (χ3n) is 0.876. The van der Waals surface area contributed by atoms with Crippen molar-refractivity contribution in [2.45, 2.75) is 19.6 Å². The number of rotatable bonds is 0. The monoisotopic (exact) mass is 118 g/mol. The van der Waals surface area contributed by atoms with Gasteiger partial charge in [0, 0.05) is 0 Å². The van der Waals surface area contributed by atoms with Crippen LogP contribution in [0.3, 0.4) is 0 Å². The van der Waals surface area contributed by atoms with Crippen LogP contribution in [0.25, 0.3) is 0 Å². The summed E-state index contributed by atoms with van der Waals surface area (Å²) in [6, 6.07) is 0. The molecule has 0 aromatic carbocycles. The third-order valence-corrected chi connectivity index (χ3v) is 0.876. The second-order valence-corrected chi connectivity index (χ2v) is 2.15. The maximum atomic E-state index is 5.12. The summed E-state index contributed by atoms with van der Waals surface area (Å²) in [5.41, 5.74) is 0. The van der Waals surface area contributed by atoms with Crippen LogP contribution in [-0.4, -0.2) is 19.0 Å². The molecule has 0 aromatic rings. The van der Waals surface area contributed by atoms with E-state index >= 15 is 0 Å². The summed E-state index contributed by atoms with van der Waals surface area (Å²) in [5, 5.41) is 0. The summed E-state index contributed by atoms with van der Waals surface area (Å²) in [4.78, 5) is 9.40. The Bertz CT molecular complexity index is 71.7. The predicted molar refractivity (Wildman–Crippen MR) is 27.1 cm³/mol.